The fraction of sp³-hybridized carbons (Fsp3) is 0.500. The number of hydrogen-bond acceptors (Lipinski definition) is 4. The lowest BCUT2D eigenvalue weighted by Crippen LogP contribution is -2.23. The summed E-state index contributed by atoms with van der Waals surface area (Å²) in [6.07, 6.45) is 1.75. The summed E-state index contributed by atoms with van der Waals surface area (Å²) < 4.78 is 0. The van der Waals surface area contributed by atoms with Crippen LogP contribution in [-0.4, -0.2) is 35.5 Å². The molecule has 2 rings (SSSR count). The molecule has 0 saturated heterocycles. The molecule has 1 aliphatic carbocycles. The standard InChI is InChI=1S/C12H18N2O2/c15-8-10(16)7-13-11-3-1-2-4-12(11)14-9-5-6-9/h1-4,9-10,13-16H,5-8H2. The zero-order chi connectivity index (χ0) is 11.4. The van der Waals surface area contributed by atoms with Crippen LogP contribution >= 0.6 is 0 Å². The fourth-order valence-electron chi connectivity index (χ4n) is 1.50. The maximum absolute atomic E-state index is 9.27. The van der Waals surface area contributed by atoms with E-state index in [1.54, 1.807) is 0 Å². The number of hydrogen-bond donors (Lipinski definition) is 4. The molecule has 4 nitrogen and oxygen atoms in total. The molecule has 0 aromatic heterocycles. The highest BCUT2D eigenvalue weighted by molar-refractivity contribution is 5.69. The predicted octanol–water partition coefficient (Wildman–Crippen LogP) is 1.03. The van der Waals surface area contributed by atoms with E-state index in [0.717, 1.165) is 11.4 Å². The third-order valence-electron chi connectivity index (χ3n) is 2.60. The molecule has 1 unspecified atom stereocenters. The van der Waals surface area contributed by atoms with Gasteiger partial charge in [0.15, 0.2) is 0 Å². The molecular formula is C12H18N2O2. The van der Waals surface area contributed by atoms with Gasteiger partial charge in [0.1, 0.15) is 0 Å². The van der Waals surface area contributed by atoms with Crippen molar-refractivity contribution >= 4 is 11.4 Å². The molecular weight excluding hydrogens is 204 g/mol. The number of aliphatic hydroxyl groups excluding tert-OH is 2. The van der Waals surface area contributed by atoms with Crippen molar-refractivity contribution < 1.29 is 10.2 Å². The first-order chi connectivity index (χ1) is 7.79. The monoisotopic (exact) mass is 222 g/mol. The van der Waals surface area contributed by atoms with Gasteiger partial charge in [-0.05, 0) is 25.0 Å². The molecule has 0 amide bonds. The van der Waals surface area contributed by atoms with Crippen LogP contribution in [0.5, 0.6) is 0 Å². The van der Waals surface area contributed by atoms with Gasteiger partial charge >= 0.3 is 0 Å². The Hall–Kier alpha value is -1.26. The number of rotatable bonds is 6. The molecule has 88 valence electrons. The zero-order valence-corrected chi connectivity index (χ0v) is 9.19. The average molecular weight is 222 g/mol. The Morgan fingerprint density at radius 1 is 1.25 bits per heavy atom. The quantitative estimate of drug-likeness (QED) is 0.580. The summed E-state index contributed by atoms with van der Waals surface area (Å²) >= 11 is 0. The van der Waals surface area contributed by atoms with Crippen LogP contribution in [-0.2, 0) is 0 Å². The number of aliphatic hydroxyl groups is 2. The molecule has 1 saturated carbocycles. The Labute approximate surface area is 95.3 Å². The molecule has 0 heterocycles. The van der Waals surface area contributed by atoms with Crippen molar-refractivity contribution in [3.05, 3.63) is 24.3 Å². The van der Waals surface area contributed by atoms with E-state index in [1.165, 1.54) is 12.8 Å². The second-order valence-electron chi connectivity index (χ2n) is 4.18. The molecule has 4 N–H and O–H groups in total. The van der Waals surface area contributed by atoms with Gasteiger partial charge in [0, 0.05) is 12.6 Å². The first-order valence-electron chi connectivity index (χ1n) is 5.68. The molecule has 0 aliphatic heterocycles. The van der Waals surface area contributed by atoms with E-state index < -0.39 is 6.10 Å². The summed E-state index contributed by atoms with van der Waals surface area (Å²) in [5.74, 6) is 0. The Balaban J connectivity index is 1.95. The van der Waals surface area contributed by atoms with Crippen LogP contribution in [0.15, 0.2) is 24.3 Å². The smallest absolute Gasteiger partial charge is 0.0942 e. The highest BCUT2D eigenvalue weighted by Gasteiger charge is 2.21. The highest BCUT2D eigenvalue weighted by Crippen LogP contribution is 2.29. The first-order valence-corrected chi connectivity index (χ1v) is 5.68. The lowest BCUT2D eigenvalue weighted by atomic mass is 10.2. The topological polar surface area (TPSA) is 64.5 Å². The lowest BCUT2D eigenvalue weighted by molar-refractivity contribution is 0.105. The molecule has 1 atom stereocenters. The average Bonchev–Trinajstić information content (AvgIpc) is 3.11. The fourth-order valence-corrected chi connectivity index (χ4v) is 1.50. The second-order valence-corrected chi connectivity index (χ2v) is 4.18. The molecule has 1 aromatic rings. The Morgan fingerprint density at radius 3 is 2.56 bits per heavy atom. The van der Waals surface area contributed by atoms with Crippen molar-refractivity contribution in [1.82, 2.24) is 0 Å². The van der Waals surface area contributed by atoms with E-state index >= 15 is 0 Å². The molecule has 1 fully saturated rings. The van der Waals surface area contributed by atoms with E-state index in [0.29, 0.717) is 12.6 Å². The van der Waals surface area contributed by atoms with Crippen molar-refractivity contribution in [3.8, 4) is 0 Å². The van der Waals surface area contributed by atoms with Crippen LogP contribution in [0, 0.1) is 0 Å². The van der Waals surface area contributed by atoms with E-state index in [1.807, 2.05) is 24.3 Å². The van der Waals surface area contributed by atoms with Crippen LogP contribution in [0.25, 0.3) is 0 Å². The molecule has 1 aromatic carbocycles. The summed E-state index contributed by atoms with van der Waals surface area (Å²) in [4.78, 5) is 0. The maximum Gasteiger partial charge on any atom is 0.0942 e. The lowest BCUT2D eigenvalue weighted by Gasteiger charge is -2.15. The molecule has 0 radical (unpaired) electrons. The van der Waals surface area contributed by atoms with Crippen molar-refractivity contribution in [2.75, 3.05) is 23.8 Å². The van der Waals surface area contributed by atoms with E-state index in [-0.39, 0.29) is 6.61 Å². The molecule has 1 aliphatic rings. The summed E-state index contributed by atoms with van der Waals surface area (Å²) in [5.41, 5.74) is 2.04. The first kappa shape index (κ1) is 11.2. The van der Waals surface area contributed by atoms with Gasteiger partial charge in [0.25, 0.3) is 0 Å². The van der Waals surface area contributed by atoms with Gasteiger partial charge in [0.05, 0.1) is 24.1 Å². The largest absolute Gasteiger partial charge is 0.394 e. The van der Waals surface area contributed by atoms with Crippen molar-refractivity contribution in [1.29, 1.82) is 0 Å². The summed E-state index contributed by atoms with van der Waals surface area (Å²) in [6.45, 7) is 0.144. The number of benzene rings is 1. The molecule has 0 bridgehead atoms. The third kappa shape index (κ3) is 3.12. The van der Waals surface area contributed by atoms with Crippen LogP contribution in [0.4, 0.5) is 11.4 Å². The summed E-state index contributed by atoms with van der Waals surface area (Å²) in [5, 5.41) is 24.5. The van der Waals surface area contributed by atoms with Crippen LogP contribution in [0.2, 0.25) is 0 Å². The van der Waals surface area contributed by atoms with Gasteiger partial charge in [-0.1, -0.05) is 12.1 Å². The van der Waals surface area contributed by atoms with Gasteiger partial charge in [-0.15, -0.1) is 0 Å². The third-order valence-corrected chi connectivity index (χ3v) is 2.60. The maximum atomic E-state index is 9.27. The van der Waals surface area contributed by atoms with Gasteiger partial charge < -0.3 is 20.8 Å². The Morgan fingerprint density at radius 2 is 1.94 bits per heavy atom. The zero-order valence-electron chi connectivity index (χ0n) is 9.19. The predicted molar refractivity (Wildman–Crippen MR) is 64.7 cm³/mol. The molecule has 4 heteroatoms. The van der Waals surface area contributed by atoms with Crippen LogP contribution in [0.3, 0.4) is 0 Å². The molecule has 0 spiro atoms. The van der Waals surface area contributed by atoms with Crippen molar-refractivity contribution in [3.63, 3.8) is 0 Å². The van der Waals surface area contributed by atoms with Gasteiger partial charge in [-0.2, -0.15) is 0 Å². The normalized spacial score (nSPS) is 16.9. The van der Waals surface area contributed by atoms with Gasteiger partial charge in [-0.3, -0.25) is 0 Å². The minimum absolute atomic E-state index is 0.217. The van der Waals surface area contributed by atoms with E-state index in [2.05, 4.69) is 10.6 Å². The van der Waals surface area contributed by atoms with Gasteiger partial charge in [-0.25, -0.2) is 0 Å². The Kier molecular flexibility index (Phi) is 3.64. The number of para-hydroxylation sites is 2. The van der Waals surface area contributed by atoms with E-state index in [4.69, 9.17) is 5.11 Å². The number of anilines is 2. The van der Waals surface area contributed by atoms with Crippen LogP contribution < -0.4 is 10.6 Å². The minimum atomic E-state index is -0.714. The highest BCUT2D eigenvalue weighted by atomic mass is 16.3. The minimum Gasteiger partial charge on any atom is -0.394 e. The summed E-state index contributed by atoms with van der Waals surface area (Å²) in [6, 6.07) is 8.52. The van der Waals surface area contributed by atoms with Crippen molar-refractivity contribution in [2.45, 2.75) is 25.0 Å². The van der Waals surface area contributed by atoms with E-state index in [9.17, 15) is 5.11 Å². The number of nitrogens with one attached hydrogen (secondary N) is 2. The van der Waals surface area contributed by atoms with Crippen LogP contribution in [0.1, 0.15) is 12.8 Å². The molecule has 16 heavy (non-hydrogen) atoms. The van der Waals surface area contributed by atoms with Crippen molar-refractivity contribution in [2.24, 2.45) is 0 Å². The summed E-state index contributed by atoms with van der Waals surface area (Å²) in [7, 11) is 0. The SMILES string of the molecule is OCC(O)CNc1ccccc1NC1CC1. The Bertz CT molecular complexity index is 340. The van der Waals surface area contributed by atoms with Gasteiger partial charge in [0.2, 0.25) is 0 Å². The second kappa shape index (κ2) is 5.18.